The summed E-state index contributed by atoms with van der Waals surface area (Å²) >= 11 is 0. The van der Waals surface area contributed by atoms with Gasteiger partial charge in [0.05, 0.1) is 51.0 Å². The van der Waals surface area contributed by atoms with Crippen LogP contribution in [0.4, 0.5) is 22.7 Å². The molecule has 0 atom stereocenters. The summed E-state index contributed by atoms with van der Waals surface area (Å²) in [5.41, 5.74) is 28.2. The quantitative estimate of drug-likeness (QED) is 0.0539. The zero-order valence-electron chi connectivity index (χ0n) is 57.9. The highest BCUT2D eigenvalue weighted by Crippen LogP contribution is 2.47. The molecule has 0 spiro atoms. The summed E-state index contributed by atoms with van der Waals surface area (Å²) in [6, 6.07) is 155. The van der Waals surface area contributed by atoms with Crippen LogP contribution in [0.15, 0.2) is 457 Å². The minimum atomic E-state index is -0.824. The molecular weight excluding hydrogens is 1270 g/mol. The van der Waals surface area contributed by atoms with Crippen molar-refractivity contribution in [2.24, 2.45) is 20.0 Å². The second kappa shape index (κ2) is 31.0. The van der Waals surface area contributed by atoms with E-state index in [2.05, 4.69) is 388 Å². The van der Waals surface area contributed by atoms with Crippen LogP contribution in [0.3, 0.4) is 0 Å². The summed E-state index contributed by atoms with van der Waals surface area (Å²) < 4.78 is 0. The number of hydrogen-bond acceptors (Lipinski definition) is 4. The topological polar surface area (TPSA) is 49.4 Å². The van der Waals surface area contributed by atoms with E-state index in [1.165, 1.54) is 0 Å². The molecule has 0 N–H and O–H groups in total. The fourth-order valence-corrected chi connectivity index (χ4v) is 14.0. The van der Waals surface area contributed by atoms with Gasteiger partial charge in [0, 0.05) is 44.5 Å². The molecule has 0 saturated carbocycles. The van der Waals surface area contributed by atoms with E-state index in [0.717, 1.165) is 157 Å². The summed E-state index contributed by atoms with van der Waals surface area (Å²) in [5.74, 6) is 0. The van der Waals surface area contributed by atoms with E-state index in [1.807, 2.05) is 48.5 Å². The average Bonchev–Trinajstić information content (AvgIpc) is 0.728. The van der Waals surface area contributed by atoms with Gasteiger partial charge in [-0.05, 0) is 115 Å². The Balaban J connectivity index is 0.802. The highest BCUT2D eigenvalue weighted by molar-refractivity contribution is 6.16. The van der Waals surface area contributed by atoms with Crippen molar-refractivity contribution in [3.8, 4) is 44.5 Å². The van der Waals surface area contributed by atoms with Crippen LogP contribution in [0.5, 0.6) is 0 Å². The number of nitrogens with zero attached hydrogens (tertiary/aromatic N) is 4. The van der Waals surface area contributed by atoms with Crippen molar-refractivity contribution >= 4 is 45.6 Å². The van der Waals surface area contributed by atoms with Crippen LogP contribution < -0.4 is 0 Å². The molecule has 0 unspecified atom stereocenters. The van der Waals surface area contributed by atoms with Crippen LogP contribution in [0, 0.1) is 0 Å². The minimum absolute atomic E-state index is 0.824. The standard InChI is InChI=1S/C101H72N4/c1-9-25-81(26-10-1)97(82-27-11-2-12-28-82)102-93-65-49-77(50-66-93)73-41-57-89(58-42-73)101(90-59-43-74(44-60-90)78-51-67-94(68-52-78)103-98(83-29-13-3-14-30-83)84-31-15-4-16-32-84,91-61-45-75(46-62-91)79-53-69-95(70-54-79)104-99(85-33-17-5-18-34-85)86-35-19-6-20-36-86)92-63-47-76(48-64-92)80-55-71-96(72-56-80)105-100(87-37-21-7-22-38-87)88-39-23-8-24-40-88/h1-72H. The normalized spacial score (nSPS) is 11.0. The molecule has 0 radical (unpaired) electrons. The molecule has 4 heteroatoms. The van der Waals surface area contributed by atoms with E-state index in [1.54, 1.807) is 0 Å². The van der Waals surface area contributed by atoms with Crippen molar-refractivity contribution in [3.05, 3.63) is 504 Å². The van der Waals surface area contributed by atoms with Gasteiger partial charge in [0.1, 0.15) is 0 Å². The first kappa shape index (κ1) is 65.8. The lowest BCUT2D eigenvalue weighted by molar-refractivity contribution is 0.745. The van der Waals surface area contributed by atoms with Crippen LogP contribution in [-0.4, -0.2) is 22.8 Å². The van der Waals surface area contributed by atoms with Crippen molar-refractivity contribution < 1.29 is 0 Å². The van der Waals surface area contributed by atoms with E-state index < -0.39 is 5.41 Å². The highest BCUT2D eigenvalue weighted by atomic mass is 14.8. The van der Waals surface area contributed by atoms with E-state index in [-0.39, 0.29) is 0 Å². The van der Waals surface area contributed by atoms with Crippen molar-refractivity contribution in [2.75, 3.05) is 0 Å². The first-order valence-electron chi connectivity index (χ1n) is 35.6. The maximum Gasteiger partial charge on any atom is 0.0781 e. The van der Waals surface area contributed by atoms with Gasteiger partial charge in [-0.1, -0.05) is 388 Å². The fourth-order valence-electron chi connectivity index (χ4n) is 14.0. The molecule has 4 nitrogen and oxygen atoms in total. The Kier molecular flexibility index (Phi) is 19.4. The molecule has 0 amide bonds. The minimum Gasteiger partial charge on any atom is -0.248 e. The third-order valence-electron chi connectivity index (χ3n) is 19.4. The van der Waals surface area contributed by atoms with E-state index in [9.17, 15) is 0 Å². The van der Waals surface area contributed by atoms with Gasteiger partial charge in [0.25, 0.3) is 0 Å². The van der Waals surface area contributed by atoms with Crippen LogP contribution in [-0.2, 0) is 5.41 Å². The molecule has 0 aliphatic heterocycles. The molecule has 16 rings (SSSR count). The Morgan fingerprint density at radius 2 is 0.257 bits per heavy atom. The predicted molar refractivity (Wildman–Crippen MR) is 439 cm³/mol. The Morgan fingerprint density at radius 1 is 0.133 bits per heavy atom. The van der Waals surface area contributed by atoms with E-state index in [0.29, 0.717) is 0 Å². The molecule has 105 heavy (non-hydrogen) atoms. The highest BCUT2D eigenvalue weighted by Gasteiger charge is 2.39. The molecule has 16 aromatic rings. The SMILES string of the molecule is c1ccc(C(=Nc2ccc(-c3ccc(C(c4ccc(-c5ccc(N=C(c6ccccc6)c6ccccc6)cc5)cc4)(c4ccc(-c5ccc(N=C(c6ccccc6)c6ccccc6)cc5)cc4)c4ccc(-c5ccc(N=C(c6ccccc6)c6ccccc6)cc5)cc4)cc3)cc2)c2ccccc2)cc1. The third kappa shape index (κ3) is 14.7. The third-order valence-corrected chi connectivity index (χ3v) is 19.4. The second-order valence-corrected chi connectivity index (χ2v) is 26.0. The smallest absolute Gasteiger partial charge is 0.0781 e. The molecule has 16 aromatic carbocycles. The Bertz CT molecular complexity index is 4770. The lowest BCUT2D eigenvalue weighted by Gasteiger charge is -2.37. The van der Waals surface area contributed by atoms with Crippen molar-refractivity contribution in [2.45, 2.75) is 5.41 Å². The number of hydrogen-bond donors (Lipinski definition) is 0. The van der Waals surface area contributed by atoms with Gasteiger partial charge in [-0.3, -0.25) is 0 Å². The molecular formula is C101H72N4. The maximum atomic E-state index is 5.26. The lowest BCUT2D eigenvalue weighted by atomic mass is 9.64. The lowest BCUT2D eigenvalue weighted by Crippen LogP contribution is -2.31. The molecule has 0 bridgehead atoms. The molecule has 0 aromatic heterocycles. The van der Waals surface area contributed by atoms with Gasteiger partial charge in [-0.2, -0.15) is 0 Å². The van der Waals surface area contributed by atoms with Crippen LogP contribution in [0.25, 0.3) is 44.5 Å². The summed E-state index contributed by atoms with van der Waals surface area (Å²) in [5, 5.41) is 0. The van der Waals surface area contributed by atoms with Gasteiger partial charge in [0.2, 0.25) is 0 Å². The van der Waals surface area contributed by atoms with Crippen molar-refractivity contribution in [1.29, 1.82) is 0 Å². The van der Waals surface area contributed by atoms with Gasteiger partial charge in [-0.25, -0.2) is 20.0 Å². The average molecular weight is 1340 g/mol. The molecule has 0 aliphatic carbocycles. The van der Waals surface area contributed by atoms with Gasteiger partial charge >= 0.3 is 0 Å². The second-order valence-electron chi connectivity index (χ2n) is 26.0. The summed E-state index contributed by atoms with van der Waals surface area (Å²) in [6.07, 6.45) is 0. The molecule has 0 heterocycles. The van der Waals surface area contributed by atoms with Gasteiger partial charge < -0.3 is 0 Å². The van der Waals surface area contributed by atoms with E-state index in [4.69, 9.17) is 20.0 Å². The summed E-state index contributed by atoms with van der Waals surface area (Å²) in [6.45, 7) is 0. The monoisotopic (exact) mass is 1340 g/mol. The van der Waals surface area contributed by atoms with Crippen LogP contribution >= 0.6 is 0 Å². The Morgan fingerprint density at radius 3 is 0.390 bits per heavy atom. The van der Waals surface area contributed by atoms with Crippen molar-refractivity contribution in [1.82, 2.24) is 0 Å². The number of rotatable bonds is 20. The summed E-state index contributed by atoms with van der Waals surface area (Å²) in [7, 11) is 0. The van der Waals surface area contributed by atoms with Gasteiger partial charge in [-0.15, -0.1) is 0 Å². The van der Waals surface area contributed by atoms with E-state index >= 15 is 0 Å². The first-order chi connectivity index (χ1) is 52.0. The zero-order valence-corrected chi connectivity index (χ0v) is 57.9. The van der Waals surface area contributed by atoms with Crippen LogP contribution in [0.2, 0.25) is 0 Å². The molecule has 0 aliphatic rings. The van der Waals surface area contributed by atoms with Crippen LogP contribution in [0.1, 0.15) is 66.8 Å². The van der Waals surface area contributed by atoms with Crippen molar-refractivity contribution in [3.63, 3.8) is 0 Å². The number of aliphatic imine (C=N–C) groups is 4. The molecule has 0 saturated heterocycles. The Labute approximate surface area is 615 Å². The Hall–Kier alpha value is -13.8. The fraction of sp³-hybridized carbons (Fsp3) is 0.00990. The first-order valence-corrected chi connectivity index (χ1v) is 35.6. The largest absolute Gasteiger partial charge is 0.248 e. The molecule has 496 valence electrons. The molecule has 0 fully saturated rings. The summed E-state index contributed by atoms with van der Waals surface area (Å²) in [4.78, 5) is 21.1. The number of benzene rings is 16. The maximum absolute atomic E-state index is 5.26. The van der Waals surface area contributed by atoms with Gasteiger partial charge in [0.15, 0.2) is 0 Å². The zero-order chi connectivity index (χ0) is 70.4. The predicted octanol–water partition coefficient (Wildman–Crippen LogP) is 25.4.